The van der Waals surface area contributed by atoms with Gasteiger partial charge >= 0.3 is 0 Å². The van der Waals surface area contributed by atoms with Crippen molar-refractivity contribution in [3.05, 3.63) is 24.3 Å². The zero-order chi connectivity index (χ0) is 15.1. The van der Waals surface area contributed by atoms with Gasteiger partial charge in [-0.3, -0.25) is 0 Å². The Bertz CT molecular complexity index is 526. The number of sulfonamides is 1. The van der Waals surface area contributed by atoms with Crippen molar-refractivity contribution in [2.24, 2.45) is 0 Å². The summed E-state index contributed by atoms with van der Waals surface area (Å²) >= 11 is 1.51. The van der Waals surface area contributed by atoms with Crippen molar-refractivity contribution in [1.82, 2.24) is 4.72 Å². The molecule has 1 aromatic carbocycles. The van der Waals surface area contributed by atoms with Crippen LogP contribution in [-0.2, 0) is 14.8 Å². The van der Waals surface area contributed by atoms with Gasteiger partial charge in [0.1, 0.15) is 0 Å². The number of thioether (sulfide) groups is 1. The van der Waals surface area contributed by atoms with E-state index in [0.717, 1.165) is 30.8 Å². The van der Waals surface area contributed by atoms with Crippen molar-refractivity contribution in [2.75, 3.05) is 30.4 Å². The van der Waals surface area contributed by atoms with Crippen LogP contribution in [0.1, 0.15) is 19.3 Å². The van der Waals surface area contributed by atoms with Gasteiger partial charge in [-0.25, -0.2) is 13.1 Å². The molecule has 0 aromatic heterocycles. The summed E-state index contributed by atoms with van der Waals surface area (Å²) in [4.78, 5) is 1.02. The average molecular weight is 330 g/mol. The third kappa shape index (κ3) is 6.25. The van der Waals surface area contributed by atoms with Gasteiger partial charge in [0, 0.05) is 29.5 Å². The molecular weight excluding hydrogens is 308 g/mol. The number of anilines is 1. The molecular formula is C14H22N2O3S2. The first kappa shape index (κ1) is 16.6. The molecule has 7 heteroatoms. The summed E-state index contributed by atoms with van der Waals surface area (Å²) in [5.41, 5.74) is 6.32. The summed E-state index contributed by atoms with van der Waals surface area (Å²) in [5, 5.41) is 0. The molecule has 1 saturated heterocycles. The topological polar surface area (TPSA) is 81.4 Å². The maximum absolute atomic E-state index is 11.9. The maximum atomic E-state index is 11.9. The van der Waals surface area contributed by atoms with E-state index < -0.39 is 10.0 Å². The summed E-state index contributed by atoms with van der Waals surface area (Å²) in [7, 11) is -3.23. The first-order valence-corrected chi connectivity index (χ1v) is 9.76. The summed E-state index contributed by atoms with van der Waals surface area (Å²) in [5.74, 6) is 0.625. The summed E-state index contributed by atoms with van der Waals surface area (Å²) in [6.45, 7) is 1.12. The Morgan fingerprint density at radius 2 is 2.05 bits per heavy atom. The molecule has 118 valence electrons. The molecule has 0 saturated carbocycles. The van der Waals surface area contributed by atoms with Crippen molar-refractivity contribution >= 4 is 27.5 Å². The number of nitrogen functional groups attached to an aromatic ring is 1. The van der Waals surface area contributed by atoms with E-state index in [-0.39, 0.29) is 11.9 Å². The molecule has 1 heterocycles. The Morgan fingerprint density at radius 1 is 1.29 bits per heavy atom. The minimum absolute atomic E-state index is 0.0262. The SMILES string of the molecule is Nc1ccc(SCCS(=O)(=O)NCC2CCCCO2)cc1. The normalized spacial score (nSPS) is 19.5. The highest BCUT2D eigenvalue weighted by molar-refractivity contribution is 8.00. The molecule has 0 radical (unpaired) electrons. The standard InChI is InChI=1S/C14H22N2O3S2/c15-12-4-6-14(7-5-12)20-9-10-21(17,18)16-11-13-3-1-2-8-19-13/h4-7,13,16H,1-3,8-11,15H2. The predicted octanol–water partition coefficient (Wildman–Crippen LogP) is 1.85. The van der Waals surface area contributed by atoms with Crippen LogP contribution >= 0.6 is 11.8 Å². The first-order valence-electron chi connectivity index (χ1n) is 7.12. The van der Waals surface area contributed by atoms with E-state index in [1.54, 1.807) is 0 Å². The quantitative estimate of drug-likeness (QED) is 0.589. The molecule has 3 N–H and O–H groups in total. The minimum Gasteiger partial charge on any atom is -0.399 e. The molecule has 21 heavy (non-hydrogen) atoms. The number of hydrogen-bond acceptors (Lipinski definition) is 5. The third-order valence-electron chi connectivity index (χ3n) is 3.31. The van der Waals surface area contributed by atoms with Crippen LogP contribution in [0.2, 0.25) is 0 Å². The van der Waals surface area contributed by atoms with Crippen LogP contribution in [0.25, 0.3) is 0 Å². The Labute approximate surface area is 130 Å². The molecule has 2 rings (SSSR count). The van der Waals surface area contributed by atoms with Crippen LogP contribution in [0.4, 0.5) is 5.69 Å². The van der Waals surface area contributed by atoms with Crippen molar-refractivity contribution in [3.8, 4) is 0 Å². The van der Waals surface area contributed by atoms with E-state index in [1.165, 1.54) is 11.8 Å². The lowest BCUT2D eigenvalue weighted by Gasteiger charge is -2.22. The molecule has 0 bridgehead atoms. The van der Waals surface area contributed by atoms with E-state index in [4.69, 9.17) is 10.5 Å². The fourth-order valence-electron chi connectivity index (χ4n) is 2.09. The molecule has 5 nitrogen and oxygen atoms in total. The van der Waals surface area contributed by atoms with Crippen molar-refractivity contribution < 1.29 is 13.2 Å². The van der Waals surface area contributed by atoms with Crippen molar-refractivity contribution in [2.45, 2.75) is 30.3 Å². The smallest absolute Gasteiger partial charge is 0.212 e. The zero-order valence-electron chi connectivity index (χ0n) is 12.0. The van der Waals surface area contributed by atoms with E-state index in [0.29, 0.717) is 18.0 Å². The van der Waals surface area contributed by atoms with E-state index in [2.05, 4.69) is 4.72 Å². The number of ether oxygens (including phenoxy) is 1. The Balaban J connectivity index is 1.69. The van der Waals surface area contributed by atoms with E-state index in [1.807, 2.05) is 24.3 Å². The third-order valence-corrected chi connectivity index (χ3v) is 5.93. The lowest BCUT2D eigenvalue weighted by atomic mass is 10.1. The van der Waals surface area contributed by atoms with Crippen LogP contribution in [-0.4, -0.2) is 39.2 Å². The molecule has 1 aliphatic rings. The minimum atomic E-state index is -3.23. The highest BCUT2D eigenvalue weighted by Crippen LogP contribution is 2.19. The fraction of sp³-hybridized carbons (Fsp3) is 0.571. The van der Waals surface area contributed by atoms with Gasteiger partial charge in [0.15, 0.2) is 0 Å². The molecule has 0 aliphatic carbocycles. The van der Waals surface area contributed by atoms with Gasteiger partial charge in [0.2, 0.25) is 10.0 Å². The Hall–Kier alpha value is -0.760. The average Bonchev–Trinajstić information content (AvgIpc) is 2.48. The van der Waals surface area contributed by atoms with Gasteiger partial charge in [-0.15, -0.1) is 11.8 Å². The zero-order valence-corrected chi connectivity index (χ0v) is 13.6. The van der Waals surface area contributed by atoms with Gasteiger partial charge in [0.05, 0.1) is 11.9 Å². The maximum Gasteiger partial charge on any atom is 0.212 e. The second kappa shape index (κ2) is 8.03. The summed E-state index contributed by atoms with van der Waals surface area (Å²) in [6, 6.07) is 7.43. The van der Waals surface area contributed by atoms with E-state index >= 15 is 0 Å². The van der Waals surface area contributed by atoms with Crippen LogP contribution in [0.5, 0.6) is 0 Å². The highest BCUT2D eigenvalue weighted by Gasteiger charge is 2.17. The predicted molar refractivity (Wildman–Crippen MR) is 87.0 cm³/mol. The summed E-state index contributed by atoms with van der Waals surface area (Å²) in [6.07, 6.45) is 3.14. The van der Waals surface area contributed by atoms with Gasteiger partial charge in [-0.2, -0.15) is 0 Å². The van der Waals surface area contributed by atoms with Crippen LogP contribution in [0.15, 0.2) is 29.2 Å². The molecule has 1 fully saturated rings. The van der Waals surface area contributed by atoms with Crippen molar-refractivity contribution in [1.29, 1.82) is 0 Å². The number of rotatable bonds is 7. The largest absolute Gasteiger partial charge is 0.399 e. The summed E-state index contributed by atoms with van der Waals surface area (Å²) < 4.78 is 32.0. The second-order valence-corrected chi connectivity index (χ2v) is 8.17. The fourth-order valence-corrected chi connectivity index (χ4v) is 4.45. The van der Waals surface area contributed by atoms with Crippen LogP contribution in [0, 0.1) is 0 Å². The second-order valence-electron chi connectivity index (χ2n) is 5.07. The monoisotopic (exact) mass is 330 g/mol. The lowest BCUT2D eigenvalue weighted by molar-refractivity contribution is 0.0200. The molecule has 1 aromatic rings. The van der Waals surface area contributed by atoms with Gasteiger partial charge in [0.25, 0.3) is 0 Å². The number of benzene rings is 1. The number of nitrogens with one attached hydrogen (secondary N) is 1. The number of nitrogens with two attached hydrogens (primary N) is 1. The molecule has 0 amide bonds. The molecule has 0 spiro atoms. The lowest BCUT2D eigenvalue weighted by Crippen LogP contribution is -2.36. The van der Waals surface area contributed by atoms with Gasteiger partial charge in [-0.05, 0) is 43.5 Å². The Kier molecular flexibility index (Phi) is 6.35. The molecule has 1 aliphatic heterocycles. The molecule has 1 atom stereocenters. The van der Waals surface area contributed by atoms with Crippen molar-refractivity contribution in [3.63, 3.8) is 0 Å². The Morgan fingerprint density at radius 3 is 2.71 bits per heavy atom. The van der Waals surface area contributed by atoms with Crippen LogP contribution < -0.4 is 10.5 Å². The van der Waals surface area contributed by atoms with Gasteiger partial charge < -0.3 is 10.5 Å². The van der Waals surface area contributed by atoms with Gasteiger partial charge in [-0.1, -0.05) is 0 Å². The number of hydrogen-bond donors (Lipinski definition) is 2. The molecule has 1 unspecified atom stereocenters. The van der Waals surface area contributed by atoms with Crippen LogP contribution in [0.3, 0.4) is 0 Å². The first-order chi connectivity index (χ1) is 10.1. The van der Waals surface area contributed by atoms with E-state index in [9.17, 15) is 8.42 Å². The highest BCUT2D eigenvalue weighted by atomic mass is 32.2.